The van der Waals surface area contributed by atoms with Gasteiger partial charge in [0.2, 0.25) is 5.89 Å². The molecule has 2 aromatic rings. The van der Waals surface area contributed by atoms with Crippen LogP contribution in [0.3, 0.4) is 0 Å². The van der Waals surface area contributed by atoms with E-state index >= 15 is 0 Å². The molecule has 0 radical (unpaired) electrons. The fraction of sp³-hybridized carbons (Fsp3) is 0.654. The summed E-state index contributed by atoms with van der Waals surface area (Å²) in [7, 11) is -2.17. The number of oxazole rings is 1. The van der Waals surface area contributed by atoms with Gasteiger partial charge in [0.25, 0.3) is 0 Å². The number of rotatable bonds is 6. The molecule has 0 aromatic carbocycles. The first-order chi connectivity index (χ1) is 16.6. The first-order valence-electron chi connectivity index (χ1n) is 12.7. The number of hydrogen-bond acceptors (Lipinski definition) is 8. The van der Waals surface area contributed by atoms with E-state index in [2.05, 4.69) is 54.5 Å². The van der Waals surface area contributed by atoms with Crippen LogP contribution in [0.5, 0.6) is 0 Å². The van der Waals surface area contributed by atoms with E-state index in [1.807, 2.05) is 33.8 Å². The lowest BCUT2D eigenvalue weighted by atomic mass is 9.88. The Morgan fingerprint density at radius 3 is 2.42 bits per heavy atom. The second-order valence-corrected chi connectivity index (χ2v) is 17.0. The molecule has 1 fully saturated rings. The molecule has 0 unspecified atom stereocenters. The van der Waals surface area contributed by atoms with Crippen LogP contribution in [0.15, 0.2) is 22.9 Å². The minimum absolute atomic E-state index is 0.0111. The molecule has 1 amide bonds. The zero-order valence-electron chi connectivity index (χ0n) is 23.2. The monoisotopic (exact) mass is 517 g/mol. The van der Waals surface area contributed by atoms with E-state index < -0.39 is 20.0 Å². The van der Waals surface area contributed by atoms with Crippen molar-refractivity contribution in [3.8, 4) is 11.6 Å². The molecule has 3 rings (SSSR count). The van der Waals surface area contributed by atoms with Crippen LogP contribution < -0.4 is 16.4 Å². The molecule has 1 aliphatic carbocycles. The second-order valence-electron chi connectivity index (χ2n) is 12.2. The zero-order chi connectivity index (χ0) is 26.9. The van der Waals surface area contributed by atoms with E-state index in [1.165, 1.54) is 0 Å². The Labute approximate surface area is 216 Å². The third kappa shape index (κ3) is 7.00. The van der Waals surface area contributed by atoms with Crippen molar-refractivity contribution in [2.45, 2.75) is 110 Å². The largest absolute Gasteiger partial charge is 0.444 e. The number of ether oxygens (including phenoxy) is 1. The van der Waals surface area contributed by atoms with Crippen LogP contribution in [0.25, 0.3) is 11.6 Å². The number of aryl methyl sites for hydroxylation is 1. The zero-order valence-corrected chi connectivity index (χ0v) is 24.2. The summed E-state index contributed by atoms with van der Waals surface area (Å²) in [4.78, 5) is 21.5. The summed E-state index contributed by atoms with van der Waals surface area (Å²) in [5, 5.41) is 6.72. The average molecular weight is 518 g/mol. The number of amides is 1. The summed E-state index contributed by atoms with van der Waals surface area (Å²) in [5.41, 5.74) is 8.38. The second kappa shape index (κ2) is 10.4. The van der Waals surface area contributed by atoms with Crippen molar-refractivity contribution < 1.29 is 18.4 Å². The van der Waals surface area contributed by atoms with Gasteiger partial charge in [0, 0.05) is 0 Å². The minimum Gasteiger partial charge on any atom is -0.444 e. The van der Waals surface area contributed by atoms with Crippen molar-refractivity contribution in [1.29, 1.82) is 0 Å². The van der Waals surface area contributed by atoms with E-state index in [4.69, 9.17) is 19.3 Å². The van der Waals surface area contributed by atoms with Crippen LogP contribution in [0.4, 0.5) is 16.2 Å². The van der Waals surface area contributed by atoms with Gasteiger partial charge in [0.1, 0.15) is 17.6 Å². The number of carbonyl (C=O) groups excluding carboxylic acids is 1. The number of hydrogen-bond donors (Lipinski definition) is 3. The van der Waals surface area contributed by atoms with Crippen LogP contribution >= 0.6 is 0 Å². The Morgan fingerprint density at radius 2 is 1.83 bits per heavy atom. The molecule has 4 N–H and O–H groups in total. The van der Waals surface area contributed by atoms with Gasteiger partial charge in [-0.1, -0.05) is 20.8 Å². The maximum absolute atomic E-state index is 12.7. The van der Waals surface area contributed by atoms with Gasteiger partial charge in [-0.15, -0.1) is 0 Å². The first-order valence-corrected chi connectivity index (χ1v) is 15.6. The molecule has 0 saturated heterocycles. The fourth-order valence-electron chi connectivity index (χ4n) is 3.99. The number of carbonyl (C=O) groups is 1. The average Bonchev–Trinajstić information content (AvgIpc) is 3.16. The van der Waals surface area contributed by atoms with Crippen molar-refractivity contribution in [2.75, 3.05) is 11.1 Å². The highest BCUT2D eigenvalue weighted by Gasteiger charge is 2.45. The van der Waals surface area contributed by atoms with Gasteiger partial charge in [0.15, 0.2) is 8.32 Å². The van der Waals surface area contributed by atoms with Gasteiger partial charge in [-0.25, -0.2) is 14.8 Å². The third-order valence-electron chi connectivity index (χ3n) is 6.88. The summed E-state index contributed by atoms with van der Waals surface area (Å²) >= 11 is 0. The standard InChI is InChI=1S/C26H43N5O4Si/c1-16-15-33-23(29-16)21-13-20(17(27)14-28-21)30-18-11-10-12-19(31-24(32)34-25(2,3)4)22(18)35-36(8,9)26(5,6)7/h13-15,18-19,22H,10-12,27H2,1-9H3,(H,28,30)(H,31,32)/t18-,19+,22+/m1/s1. The van der Waals surface area contributed by atoms with Crippen LogP contribution in [0.1, 0.15) is 66.5 Å². The number of nitrogens with zero attached hydrogens (tertiary/aromatic N) is 2. The highest BCUT2D eigenvalue weighted by molar-refractivity contribution is 6.74. The number of nitrogen functional groups attached to an aromatic ring is 1. The van der Waals surface area contributed by atoms with E-state index in [0.717, 1.165) is 30.6 Å². The molecule has 2 aromatic heterocycles. The molecular formula is C26H43N5O4Si. The number of nitrogens with two attached hydrogens (primary N) is 1. The molecule has 1 saturated carbocycles. The fourth-order valence-corrected chi connectivity index (χ4v) is 5.36. The van der Waals surface area contributed by atoms with Gasteiger partial charge in [-0.2, -0.15) is 0 Å². The van der Waals surface area contributed by atoms with Gasteiger partial charge in [-0.3, -0.25) is 0 Å². The van der Waals surface area contributed by atoms with Gasteiger partial charge >= 0.3 is 6.09 Å². The van der Waals surface area contributed by atoms with Crippen LogP contribution in [-0.2, 0) is 9.16 Å². The normalized spacial score (nSPS) is 21.2. The Morgan fingerprint density at radius 1 is 1.17 bits per heavy atom. The SMILES string of the molecule is Cc1coc(-c2cc(N[C@@H]3CCC[C@H](NC(=O)OC(C)(C)C)[C@H]3O[Si](C)(C)C(C)(C)C)c(N)cn2)n1. The lowest BCUT2D eigenvalue weighted by Gasteiger charge is -2.46. The summed E-state index contributed by atoms with van der Waals surface area (Å²) < 4.78 is 18.1. The Balaban J connectivity index is 1.90. The smallest absolute Gasteiger partial charge is 0.407 e. The number of nitrogens with one attached hydrogen (secondary N) is 2. The molecule has 2 heterocycles. The quantitative estimate of drug-likeness (QED) is 0.406. The van der Waals surface area contributed by atoms with Gasteiger partial charge in [0.05, 0.1) is 41.5 Å². The molecule has 0 spiro atoms. The lowest BCUT2D eigenvalue weighted by Crippen LogP contribution is -2.59. The van der Waals surface area contributed by atoms with Crippen LogP contribution in [0, 0.1) is 6.92 Å². The Kier molecular flexibility index (Phi) is 8.09. The maximum atomic E-state index is 12.7. The number of pyridine rings is 1. The molecule has 0 bridgehead atoms. The summed E-state index contributed by atoms with van der Waals surface area (Å²) in [6.07, 6.45) is 5.13. The van der Waals surface area contributed by atoms with Gasteiger partial charge in [-0.05, 0) is 71.2 Å². The van der Waals surface area contributed by atoms with Crippen LogP contribution in [0.2, 0.25) is 18.1 Å². The van der Waals surface area contributed by atoms with E-state index in [-0.39, 0.29) is 23.2 Å². The predicted octanol–water partition coefficient (Wildman–Crippen LogP) is 5.88. The van der Waals surface area contributed by atoms with E-state index in [9.17, 15) is 4.79 Å². The van der Waals surface area contributed by atoms with Crippen molar-refractivity contribution in [2.24, 2.45) is 0 Å². The minimum atomic E-state index is -2.17. The topological polar surface area (TPSA) is 125 Å². The molecule has 0 aliphatic heterocycles. The summed E-state index contributed by atoms with van der Waals surface area (Å²) in [6, 6.07) is 1.59. The molecule has 1 aliphatic rings. The van der Waals surface area contributed by atoms with Gasteiger partial charge < -0.3 is 29.9 Å². The number of alkyl carbamates (subject to hydrolysis) is 1. The molecule has 36 heavy (non-hydrogen) atoms. The van der Waals surface area contributed by atoms with Crippen molar-refractivity contribution in [3.05, 3.63) is 24.2 Å². The molecule has 200 valence electrons. The third-order valence-corrected chi connectivity index (χ3v) is 11.4. The number of aromatic nitrogens is 2. The molecule has 3 atom stereocenters. The van der Waals surface area contributed by atoms with Crippen molar-refractivity contribution >= 4 is 25.8 Å². The molecular weight excluding hydrogens is 474 g/mol. The van der Waals surface area contributed by atoms with Crippen molar-refractivity contribution in [1.82, 2.24) is 15.3 Å². The number of anilines is 2. The predicted molar refractivity (Wildman–Crippen MR) is 145 cm³/mol. The summed E-state index contributed by atoms with van der Waals surface area (Å²) in [5.74, 6) is 0.442. The van der Waals surface area contributed by atoms with Crippen LogP contribution in [-0.4, -0.2) is 48.2 Å². The van der Waals surface area contributed by atoms with Crippen molar-refractivity contribution in [3.63, 3.8) is 0 Å². The maximum Gasteiger partial charge on any atom is 0.407 e. The van der Waals surface area contributed by atoms with E-state index in [1.54, 1.807) is 12.5 Å². The summed E-state index contributed by atoms with van der Waals surface area (Å²) in [6.45, 7) is 18.6. The highest BCUT2D eigenvalue weighted by Crippen LogP contribution is 2.40. The lowest BCUT2D eigenvalue weighted by molar-refractivity contribution is 0.0362. The Hall–Kier alpha value is -2.59. The molecule has 9 nitrogen and oxygen atoms in total. The molecule has 10 heteroatoms. The first kappa shape index (κ1) is 28.0. The Bertz CT molecular complexity index is 1060. The van der Waals surface area contributed by atoms with E-state index in [0.29, 0.717) is 17.3 Å². The highest BCUT2D eigenvalue weighted by atomic mass is 28.4.